The Balaban J connectivity index is 0.000000475. The summed E-state index contributed by atoms with van der Waals surface area (Å²) in [7, 11) is 0. The molecular formula is C78H101F4N. The third-order valence-corrected chi connectivity index (χ3v) is 13.5. The second kappa shape index (κ2) is 39.5. The maximum atomic E-state index is 13.3. The topological polar surface area (TPSA) is 23.8 Å². The minimum Gasteiger partial charge on any atom is -0.207 e. The van der Waals surface area contributed by atoms with Crippen LogP contribution < -0.4 is 0 Å². The van der Waals surface area contributed by atoms with Gasteiger partial charge in [-0.1, -0.05) is 255 Å². The molecule has 0 bridgehead atoms. The van der Waals surface area contributed by atoms with Crippen LogP contribution >= 0.6 is 0 Å². The van der Waals surface area contributed by atoms with Crippen LogP contribution in [0.15, 0.2) is 182 Å². The summed E-state index contributed by atoms with van der Waals surface area (Å²) in [6, 6.07) is 60.0. The molecule has 0 aliphatic heterocycles. The molecular weight excluding hydrogens is 1030 g/mol. The maximum Gasteiger partial charge on any atom is 0.129 e. The number of aryl methyl sites for hydroxylation is 5. The Hall–Kier alpha value is -7.03. The molecule has 0 saturated carbocycles. The summed E-state index contributed by atoms with van der Waals surface area (Å²) >= 11 is 0. The van der Waals surface area contributed by atoms with Crippen molar-refractivity contribution in [3.05, 3.63) is 283 Å². The van der Waals surface area contributed by atoms with E-state index in [4.69, 9.17) is 5.26 Å². The molecule has 0 amide bonds. The number of hydrogen-bond donors (Lipinski definition) is 0. The minimum absolute atomic E-state index is 0.0532. The van der Waals surface area contributed by atoms with Gasteiger partial charge in [0.25, 0.3) is 0 Å². The average molecular weight is 1130 g/mol. The molecule has 0 fully saturated rings. The van der Waals surface area contributed by atoms with Gasteiger partial charge in [-0.25, -0.2) is 17.6 Å². The maximum absolute atomic E-state index is 13.3. The molecule has 0 saturated heterocycles. The fourth-order valence-electron chi connectivity index (χ4n) is 8.16. The molecule has 0 atom stereocenters. The van der Waals surface area contributed by atoms with Crippen LogP contribution in [0.5, 0.6) is 0 Å². The van der Waals surface area contributed by atoms with Gasteiger partial charge < -0.3 is 0 Å². The molecule has 8 rings (SSSR count). The van der Waals surface area contributed by atoms with Crippen molar-refractivity contribution in [2.24, 2.45) is 0 Å². The lowest BCUT2D eigenvalue weighted by atomic mass is 9.98. The lowest BCUT2D eigenvalue weighted by Crippen LogP contribution is -1.94. The molecule has 0 unspecified atom stereocenters. The van der Waals surface area contributed by atoms with Crippen molar-refractivity contribution in [3.8, 4) is 6.07 Å². The van der Waals surface area contributed by atoms with Crippen LogP contribution in [-0.4, -0.2) is 0 Å². The van der Waals surface area contributed by atoms with Gasteiger partial charge in [-0.3, -0.25) is 0 Å². The Morgan fingerprint density at radius 1 is 0.277 bits per heavy atom. The van der Waals surface area contributed by atoms with Crippen LogP contribution in [0.2, 0.25) is 0 Å². The van der Waals surface area contributed by atoms with E-state index in [9.17, 15) is 17.6 Å². The van der Waals surface area contributed by atoms with Crippen LogP contribution in [0.1, 0.15) is 236 Å². The van der Waals surface area contributed by atoms with Crippen molar-refractivity contribution in [2.45, 2.75) is 193 Å². The highest BCUT2D eigenvalue weighted by molar-refractivity contribution is 5.34. The van der Waals surface area contributed by atoms with Crippen molar-refractivity contribution in [2.75, 3.05) is 0 Å². The first-order chi connectivity index (χ1) is 39.0. The summed E-state index contributed by atoms with van der Waals surface area (Å²) in [4.78, 5) is 0. The zero-order chi connectivity index (χ0) is 62.9. The Morgan fingerprint density at radius 3 is 1.05 bits per heavy atom. The van der Waals surface area contributed by atoms with E-state index >= 15 is 0 Å². The summed E-state index contributed by atoms with van der Waals surface area (Å²) in [5.74, 6) is 3.56. The number of benzene rings is 8. The zero-order valence-corrected chi connectivity index (χ0v) is 54.4. The van der Waals surface area contributed by atoms with Crippen molar-refractivity contribution in [1.29, 1.82) is 5.26 Å². The van der Waals surface area contributed by atoms with Gasteiger partial charge >= 0.3 is 0 Å². The first-order valence-electron chi connectivity index (χ1n) is 29.7. The predicted molar refractivity (Wildman–Crippen MR) is 352 cm³/mol. The van der Waals surface area contributed by atoms with Gasteiger partial charge in [-0.15, -0.1) is 0 Å². The highest BCUT2D eigenvalue weighted by Gasteiger charge is 2.08. The van der Waals surface area contributed by atoms with E-state index in [1.54, 1.807) is 31.2 Å². The Kier molecular flexibility index (Phi) is 35.2. The molecule has 5 heteroatoms. The Labute approximate surface area is 502 Å². The van der Waals surface area contributed by atoms with E-state index in [0.717, 1.165) is 33.4 Å². The third-order valence-electron chi connectivity index (χ3n) is 13.5. The molecule has 8 aromatic rings. The Morgan fingerprint density at radius 2 is 0.675 bits per heavy atom. The van der Waals surface area contributed by atoms with Crippen molar-refractivity contribution in [3.63, 3.8) is 0 Å². The number of nitrogens with zero attached hydrogens (tertiary/aromatic N) is 1. The van der Waals surface area contributed by atoms with Crippen LogP contribution in [-0.2, 0) is 0 Å². The van der Waals surface area contributed by atoms with E-state index in [0.29, 0.717) is 41.4 Å². The Bertz CT molecular complexity index is 3010. The van der Waals surface area contributed by atoms with Gasteiger partial charge in [0.2, 0.25) is 0 Å². The molecule has 0 spiro atoms. The predicted octanol–water partition coefficient (Wildman–Crippen LogP) is 24.5. The van der Waals surface area contributed by atoms with Gasteiger partial charge in [0.15, 0.2) is 0 Å². The molecule has 0 aromatic heterocycles. The van der Waals surface area contributed by atoms with Gasteiger partial charge in [0.05, 0.1) is 11.6 Å². The fourth-order valence-corrected chi connectivity index (χ4v) is 8.16. The highest BCUT2D eigenvalue weighted by atomic mass is 19.1. The summed E-state index contributed by atoms with van der Waals surface area (Å²) < 4.78 is 51.1. The highest BCUT2D eigenvalue weighted by Crippen LogP contribution is 2.23. The number of hydrogen-bond acceptors (Lipinski definition) is 1. The lowest BCUT2D eigenvalue weighted by molar-refractivity contribution is 0.590. The van der Waals surface area contributed by atoms with Gasteiger partial charge in [-0.2, -0.15) is 5.26 Å². The number of nitriles is 1. The van der Waals surface area contributed by atoms with Crippen LogP contribution in [0.3, 0.4) is 0 Å². The SMILES string of the molecule is CC(C)c1ccc(F)cc1.CC(C)c1cccc(C#N)c1.CC(C)c1ccccc1.Cc1cc(F)cc(C(C)C)c1.Cc1ccc(F)cc1C(C)C.Cc1cccc(C(C)C)c1.Cc1cccc(C(C)C)c1.Cc1cccc(C(C)C)c1F. The number of rotatable bonds is 8. The zero-order valence-electron chi connectivity index (χ0n) is 54.4. The molecule has 83 heavy (non-hydrogen) atoms. The van der Waals surface area contributed by atoms with Crippen LogP contribution in [0.4, 0.5) is 17.6 Å². The normalized spacial score (nSPS) is 10.4. The van der Waals surface area contributed by atoms with Crippen molar-refractivity contribution >= 4 is 0 Å². The van der Waals surface area contributed by atoms with Gasteiger partial charge in [0, 0.05) is 0 Å². The number of halogens is 4. The largest absolute Gasteiger partial charge is 0.207 e. The molecule has 1 nitrogen and oxygen atoms in total. The molecule has 8 aromatic carbocycles. The van der Waals surface area contributed by atoms with Crippen molar-refractivity contribution < 1.29 is 17.6 Å². The second-order valence-corrected chi connectivity index (χ2v) is 23.8. The standard InChI is InChI=1S/3C10H13F.C10H11N.2C10H14.C9H11F.C9H12/c1-7(2)9-4-8(3)5-10(11)6-9;1-7(2)10-6-9(11)5-4-8(10)3;1-7(2)9-6-4-5-8(3)10(9)11;1-8(2)10-5-3-4-9(6-10)7-11;2*1-8(2)10-6-4-5-9(3)7-10;1-7(2)8-3-5-9(10)6-4-8;1-8(2)9-6-4-3-5-7-9/h3*4-7H,1-3H3;3-6,8H,1-2H3;2*4-8H,1-3H3;3-7H,1-2H3;3-8H,1-2H3. The molecule has 0 heterocycles. The molecule has 0 radical (unpaired) electrons. The first-order valence-corrected chi connectivity index (χ1v) is 29.7. The van der Waals surface area contributed by atoms with Crippen LogP contribution in [0, 0.1) is 69.2 Å². The molecule has 0 aliphatic rings. The summed E-state index contributed by atoms with van der Waals surface area (Å²) in [6.07, 6.45) is 0. The van der Waals surface area contributed by atoms with E-state index in [-0.39, 0.29) is 29.2 Å². The molecule has 0 N–H and O–H groups in total. The second-order valence-electron chi connectivity index (χ2n) is 23.8. The van der Waals surface area contributed by atoms with E-state index in [1.165, 1.54) is 62.7 Å². The lowest BCUT2D eigenvalue weighted by Gasteiger charge is -2.08. The van der Waals surface area contributed by atoms with E-state index in [2.05, 4.69) is 190 Å². The van der Waals surface area contributed by atoms with Crippen LogP contribution in [0.25, 0.3) is 0 Å². The summed E-state index contributed by atoms with van der Waals surface area (Å²) in [5, 5.41) is 8.59. The molecule has 446 valence electrons. The van der Waals surface area contributed by atoms with Crippen molar-refractivity contribution in [1.82, 2.24) is 0 Å². The third kappa shape index (κ3) is 30.7. The summed E-state index contributed by atoms with van der Waals surface area (Å²) in [5.41, 5.74) is 16.0. The summed E-state index contributed by atoms with van der Waals surface area (Å²) in [6.45, 7) is 43.9. The quantitative estimate of drug-likeness (QED) is 0.139. The molecule has 0 aliphatic carbocycles. The van der Waals surface area contributed by atoms with Gasteiger partial charge in [0.1, 0.15) is 23.3 Å². The first kappa shape index (κ1) is 74.0. The smallest absolute Gasteiger partial charge is 0.129 e. The van der Waals surface area contributed by atoms with Gasteiger partial charge in [-0.05, 0) is 192 Å². The average Bonchev–Trinajstić information content (AvgIpc) is 3.46. The van der Waals surface area contributed by atoms with E-state index < -0.39 is 0 Å². The monoisotopic (exact) mass is 1130 g/mol. The fraction of sp³-hybridized carbons (Fsp3) is 0.372. The van der Waals surface area contributed by atoms with E-state index in [1.807, 2.05) is 94.4 Å². The minimum atomic E-state index is -0.163.